The largest absolute Gasteiger partial charge is 0.417 e. The smallest absolute Gasteiger partial charge is 0.183 e. The van der Waals surface area contributed by atoms with Crippen LogP contribution in [0.1, 0.15) is 19.3 Å². The van der Waals surface area contributed by atoms with Crippen molar-refractivity contribution in [3.05, 3.63) is 0 Å². The second-order valence-electron chi connectivity index (χ2n) is 7.21. The Balaban J connectivity index is 3.10. The Bertz CT molecular complexity index is 217. The number of rotatable bonds is 14. The molecule has 0 aliphatic heterocycles. The van der Waals surface area contributed by atoms with E-state index in [1.807, 2.05) is 23.5 Å². The van der Waals surface area contributed by atoms with Crippen molar-refractivity contribution < 1.29 is 8.85 Å². The van der Waals surface area contributed by atoms with Crippen molar-refractivity contribution in [1.29, 1.82) is 0 Å². The summed E-state index contributed by atoms with van der Waals surface area (Å²) in [6, 6.07) is 0. The first-order valence-electron chi connectivity index (χ1n) is 8.14. The maximum absolute atomic E-state index is 5.84. The standard InChI is InChI=1S/C15H36O2S2Si2/c1-20(2,3)16-10-14-18-12-8-7-9-13-19-15-11-17-21(4,5)6/h7-15H2,1-6H3. The minimum Gasteiger partial charge on any atom is -0.417 e. The van der Waals surface area contributed by atoms with Crippen molar-refractivity contribution in [3.63, 3.8) is 0 Å². The summed E-state index contributed by atoms with van der Waals surface area (Å²) in [5.74, 6) is 4.90. The highest BCUT2D eigenvalue weighted by Crippen LogP contribution is 2.12. The van der Waals surface area contributed by atoms with E-state index in [0.717, 1.165) is 24.7 Å². The molecule has 0 saturated heterocycles. The molecule has 0 unspecified atom stereocenters. The van der Waals surface area contributed by atoms with Crippen LogP contribution in [0.15, 0.2) is 0 Å². The molecule has 0 N–H and O–H groups in total. The van der Waals surface area contributed by atoms with Crippen LogP contribution in [0.2, 0.25) is 39.3 Å². The van der Waals surface area contributed by atoms with E-state index in [4.69, 9.17) is 8.85 Å². The molecule has 6 heteroatoms. The Kier molecular flexibility index (Phi) is 13.1. The Labute approximate surface area is 143 Å². The number of unbranched alkanes of at least 4 members (excludes halogenated alkanes) is 2. The van der Waals surface area contributed by atoms with E-state index < -0.39 is 16.6 Å². The van der Waals surface area contributed by atoms with Crippen LogP contribution in [0.5, 0.6) is 0 Å². The van der Waals surface area contributed by atoms with Crippen LogP contribution in [-0.2, 0) is 8.85 Å². The van der Waals surface area contributed by atoms with Gasteiger partial charge in [0.15, 0.2) is 16.6 Å². The van der Waals surface area contributed by atoms with Gasteiger partial charge in [0.05, 0.1) is 0 Å². The molecule has 0 bridgehead atoms. The van der Waals surface area contributed by atoms with Gasteiger partial charge in [0.25, 0.3) is 0 Å². The third kappa shape index (κ3) is 21.1. The van der Waals surface area contributed by atoms with Crippen molar-refractivity contribution in [3.8, 4) is 0 Å². The zero-order chi connectivity index (χ0) is 16.2. The van der Waals surface area contributed by atoms with E-state index in [1.54, 1.807) is 0 Å². The van der Waals surface area contributed by atoms with Gasteiger partial charge < -0.3 is 8.85 Å². The second-order valence-corrected chi connectivity index (χ2v) is 18.7. The zero-order valence-electron chi connectivity index (χ0n) is 15.0. The van der Waals surface area contributed by atoms with Crippen LogP contribution < -0.4 is 0 Å². The quantitative estimate of drug-likeness (QED) is 0.305. The lowest BCUT2D eigenvalue weighted by Crippen LogP contribution is -2.26. The number of hydrogen-bond acceptors (Lipinski definition) is 4. The summed E-state index contributed by atoms with van der Waals surface area (Å²) in [5.41, 5.74) is 0. The maximum atomic E-state index is 5.84. The van der Waals surface area contributed by atoms with Gasteiger partial charge in [0.1, 0.15) is 0 Å². The molecule has 0 aromatic heterocycles. The van der Waals surface area contributed by atoms with Crippen LogP contribution in [0.3, 0.4) is 0 Å². The predicted octanol–water partition coefficient (Wildman–Crippen LogP) is 5.33. The Hall–Kier alpha value is 1.05. The molecule has 0 fully saturated rings. The molecule has 0 aliphatic carbocycles. The molecule has 0 heterocycles. The molecule has 128 valence electrons. The average molecular weight is 369 g/mol. The third-order valence-corrected chi connectivity index (χ3v) is 6.81. The number of hydrogen-bond donors (Lipinski definition) is 0. The molecule has 0 aliphatic rings. The molecule has 21 heavy (non-hydrogen) atoms. The van der Waals surface area contributed by atoms with Crippen molar-refractivity contribution in [2.45, 2.75) is 58.5 Å². The molecule has 0 spiro atoms. The Morgan fingerprint density at radius 3 is 1.29 bits per heavy atom. The summed E-state index contributed by atoms with van der Waals surface area (Å²) in [5, 5.41) is 0. The highest BCUT2D eigenvalue weighted by atomic mass is 32.2. The fourth-order valence-electron chi connectivity index (χ4n) is 1.60. The van der Waals surface area contributed by atoms with E-state index in [0.29, 0.717) is 0 Å². The van der Waals surface area contributed by atoms with Crippen LogP contribution in [0, 0.1) is 0 Å². The van der Waals surface area contributed by atoms with Crippen molar-refractivity contribution in [2.24, 2.45) is 0 Å². The molecule has 2 nitrogen and oxygen atoms in total. The van der Waals surface area contributed by atoms with E-state index in [1.165, 1.54) is 30.8 Å². The van der Waals surface area contributed by atoms with Gasteiger partial charge in [-0.1, -0.05) is 6.42 Å². The van der Waals surface area contributed by atoms with Crippen LogP contribution in [-0.4, -0.2) is 52.9 Å². The normalized spacial score (nSPS) is 12.9. The lowest BCUT2D eigenvalue weighted by atomic mass is 10.3. The minimum absolute atomic E-state index is 0.938. The third-order valence-electron chi connectivity index (χ3n) is 2.60. The highest BCUT2D eigenvalue weighted by Gasteiger charge is 2.13. The summed E-state index contributed by atoms with van der Waals surface area (Å²) >= 11 is 4.09. The van der Waals surface area contributed by atoms with Crippen molar-refractivity contribution in [1.82, 2.24) is 0 Å². The SMILES string of the molecule is C[Si](C)(C)OCCSCCCCCSCCO[Si](C)(C)C. The molecule has 0 aromatic carbocycles. The van der Waals surface area contributed by atoms with Gasteiger partial charge in [-0.25, -0.2) is 0 Å². The topological polar surface area (TPSA) is 18.5 Å². The number of thioether (sulfide) groups is 2. The Morgan fingerprint density at radius 2 is 0.952 bits per heavy atom. The van der Waals surface area contributed by atoms with Gasteiger partial charge in [-0.2, -0.15) is 23.5 Å². The molecule has 0 radical (unpaired) electrons. The first-order chi connectivity index (χ1) is 9.71. The average Bonchev–Trinajstić information content (AvgIpc) is 2.32. The monoisotopic (exact) mass is 368 g/mol. The summed E-state index contributed by atoms with van der Waals surface area (Å²) < 4.78 is 11.7. The van der Waals surface area contributed by atoms with Crippen molar-refractivity contribution in [2.75, 3.05) is 36.2 Å². The summed E-state index contributed by atoms with van der Waals surface area (Å²) in [4.78, 5) is 0. The summed E-state index contributed by atoms with van der Waals surface area (Å²) in [7, 11) is -2.58. The fraction of sp³-hybridized carbons (Fsp3) is 1.00. The zero-order valence-corrected chi connectivity index (χ0v) is 18.6. The van der Waals surface area contributed by atoms with Gasteiger partial charge in [-0.05, 0) is 63.6 Å². The van der Waals surface area contributed by atoms with E-state index in [9.17, 15) is 0 Å². The summed E-state index contributed by atoms with van der Waals surface area (Å²) in [6.07, 6.45) is 4.07. The van der Waals surface area contributed by atoms with Crippen LogP contribution >= 0.6 is 23.5 Å². The Morgan fingerprint density at radius 1 is 0.571 bits per heavy atom. The van der Waals surface area contributed by atoms with Gasteiger partial charge in [-0.3, -0.25) is 0 Å². The summed E-state index contributed by atoms with van der Waals surface area (Å²) in [6.45, 7) is 15.4. The lowest BCUT2D eigenvalue weighted by molar-refractivity contribution is 0.338. The van der Waals surface area contributed by atoms with Gasteiger partial charge in [0, 0.05) is 24.7 Å². The second kappa shape index (κ2) is 12.5. The van der Waals surface area contributed by atoms with E-state index in [2.05, 4.69) is 39.3 Å². The van der Waals surface area contributed by atoms with E-state index >= 15 is 0 Å². The molecular weight excluding hydrogens is 332 g/mol. The molecule has 0 aromatic rings. The van der Waals surface area contributed by atoms with Crippen LogP contribution in [0.4, 0.5) is 0 Å². The molecular formula is C15H36O2S2Si2. The molecule has 0 saturated carbocycles. The van der Waals surface area contributed by atoms with Crippen LogP contribution in [0.25, 0.3) is 0 Å². The maximum Gasteiger partial charge on any atom is 0.183 e. The van der Waals surface area contributed by atoms with Gasteiger partial charge >= 0.3 is 0 Å². The predicted molar refractivity (Wildman–Crippen MR) is 107 cm³/mol. The van der Waals surface area contributed by atoms with Crippen molar-refractivity contribution >= 4 is 40.2 Å². The van der Waals surface area contributed by atoms with E-state index in [-0.39, 0.29) is 0 Å². The van der Waals surface area contributed by atoms with Gasteiger partial charge in [-0.15, -0.1) is 0 Å². The lowest BCUT2D eigenvalue weighted by Gasteiger charge is -2.16. The molecule has 0 rings (SSSR count). The first kappa shape index (κ1) is 22.1. The minimum atomic E-state index is -1.29. The molecule has 0 amide bonds. The molecule has 0 atom stereocenters. The fourth-order valence-corrected chi connectivity index (χ4v) is 4.95. The first-order valence-corrected chi connectivity index (χ1v) is 17.3. The van der Waals surface area contributed by atoms with Gasteiger partial charge in [0.2, 0.25) is 0 Å². The highest BCUT2D eigenvalue weighted by molar-refractivity contribution is 7.99.